The molecule has 1 amide bonds. The first kappa shape index (κ1) is 16.3. The number of pyridine rings is 1. The van der Waals surface area contributed by atoms with Crippen LogP contribution in [0.2, 0.25) is 0 Å². The summed E-state index contributed by atoms with van der Waals surface area (Å²) in [5.41, 5.74) is 2.92. The molecule has 0 fully saturated rings. The van der Waals surface area contributed by atoms with Crippen LogP contribution in [0.15, 0.2) is 48.7 Å². The molecule has 0 saturated heterocycles. The van der Waals surface area contributed by atoms with Crippen molar-refractivity contribution in [2.45, 2.75) is 26.3 Å². The van der Waals surface area contributed by atoms with Gasteiger partial charge in [0.1, 0.15) is 5.82 Å². The van der Waals surface area contributed by atoms with Gasteiger partial charge < -0.3 is 14.0 Å². The van der Waals surface area contributed by atoms with Crippen molar-refractivity contribution in [1.82, 2.24) is 9.38 Å². The van der Waals surface area contributed by atoms with E-state index in [9.17, 15) is 9.59 Å². The summed E-state index contributed by atoms with van der Waals surface area (Å²) in [4.78, 5) is 31.1. The highest BCUT2D eigenvalue weighted by Gasteiger charge is 2.31. The first-order chi connectivity index (χ1) is 12.6. The third-order valence-electron chi connectivity index (χ3n) is 4.72. The van der Waals surface area contributed by atoms with E-state index in [0.717, 1.165) is 17.7 Å². The number of benzene rings is 1. The first-order valence-electron chi connectivity index (χ1n) is 8.57. The third kappa shape index (κ3) is 2.63. The summed E-state index contributed by atoms with van der Waals surface area (Å²) < 4.78 is 7.10. The molecule has 0 spiro atoms. The first-order valence-corrected chi connectivity index (χ1v) is 8.57. The van der Waals surface area contributed by atoms with E-state index in [0.29, 0.717) is 11.3 Å². The number of amides is 1. The number of hydrogen-bond donors (Lipinski definition) is 0. The van der Waals surface area contributed by atoms with Crippen molar-refractivity contribution in [3.05, 3.63) is 65.7 Å². The Kier molecular flexibility index (Phi) is 3.95. The molecule has 4 rings (SSSR count). The Morgan fingerprint density at radius 3 is 2.81 bits per heavy atom. The molecule has 6 nitrogen and oxygen atoms in total. The van der Waals surface area contributed by atoms with Gasteiger partial charge in [0.2, 0.25) is 0 Å². The Bertz CT molecular complexity index is 1010. The molecule has 0 N–H and O–H groups in total. The summed E-state index contributed by atoms with van der Waals surface area (Å²) >= 11 is 0. The van der Waals surface area contributed by atoms with E-state index in [1.807, 2.05) is 60.8 Å². The quantitative estimate of drug-likeness (QED) is 0.682. The lowest BCUT2D eigenvalue weighted by Crippen LogP contribution is -2.38. The fourth-order valence-electron chi connectivity index (χ4n) is 3.55. The standard InChI is InChI=1S/C20H19N3O3/c1-13-11-15-7-3-4-8-16(15)23(13)18(24)12-26-20(25)19-17-9-5-6-10-22(17)14(2)21-19/h3-10,13H,11-12H2,1-2H3. The molecule has 1 unspecified atom stereocenters. The van der Waals surface area contributed by atoms with Gasteiger partial charge in [-0.2, -0.15) is 0 Å². The zero-order valence-electron chi connectivity index (χ0n) is 14.7. The molecule has 1 atom stereocenters. The smallest absolute Gasteiger partial charge is 0.359 e. The summed E-state index contributed by atoms with van der Waals surface area (Å²) in [7, 11) is 0. The fourth-order valence-corrected chi connectivity index (χ4v) is 3.55. The second kappa shape index (κ2) is 6.29. The van der Waals surface area contributed by atoms with Gasteiger partial charge in [0.05, 0.1) is 5.52 Å². The number of esters is 1. The Balaban J connectivity index is 1.50. The second-order valence-corrected chi connectivity index (χ2v) is 6.49. The number of nitrogens with zero attached hydrogens (tertiary/aromatic N) is 3. The molecule has 0 bridgehead atoms. The minimum Gasteiger partial charge on any atom is -0.451 e. The van der Waals surface area contributed by atoms with Gasteiger partial charge in [-0.15, -0.1) is 0 Å². The molecule has 132 valence electrons. The molecule has 3 heterocycles. The van der Waals surface area contributed by atoms with Crippen LogP contribution in [0.4, 0.5) is 5.69 Å². The molecule has 0 saturated carbocycles. The number of hydrogen-bond acceptors (Lipinski definition) is 4. The van der Waals surface area contributed by atoms with Crippen LogP contribution in [0.25, 0.3) is 5.52 Å². The number of aromatic nitrogens is 2. The largest absolute Gasteiger partial charge is 0.451 e. The van der Waals surface area contributed by atoms with Crippen LogP contribution < -0.4 is 4.90 Å². The lowest BCUT2D eigenvalue weighted by atomic mass is 10.1. The fraction of sp³-hybridized carbons (Fsp3) is 0.250. The highest BCUT2D eigenvalue weighted by Crippen LogP contribution is 2.31. The summed E-state index contributed by atoms with van der Waals surface area (Å²) in [5, 5.41) is 0. The predicted octanol–water partition coefficient (Wildman–Crippen LogP) is 2.78. The monoisotopic (exact) mass is 349 g/mol. The van der Waals surface area contributed by atoms with Crippen molar-refractivity contribution in [2.75, 3.05) is 11.5 Å². The van der Waals surface area contributed by atoms with Gasteiger partial charge in [-0.05, 0) is 44.0 Å². The van der Waals surface area contributed by atoms with E-state index in [2.05, 4.69) is 4.98 Å². The normalized spacial score (nSPS) is 15.9. The SMILES string of the molecule is Cc1nc(C(=O)OCC(=O)N2c3ccccc3CC2C)c2ccccn12. The minimum atomic E-state index is -0.588. The molecule has 0 aliphatic carbocycles. The van der Waals surface area contributed by atoms with Crippen molar-refractivity contribution in [3.8, 4) is 0 Å². The molecular weight excluding hydrogens is 330 g/mol. The zero-order chi connectivity index (χ0) is 18.3. The Morgan fingerprint density at radius 1 is 1.19 bits per heavy atom. The van der Waals surface area contributed by atoms with Gasteiger partial charge in [-0.3, -0.25) is 4.79 Å². The molecule has 6 heteroatoms. The van der Waals surface area contributed by atoms with Crippen LogP contribution in [0.3, 0.4) is 0 Å². The van der Waals surface area contributed by atoms with Gasteiger partial charge >= 0.3 is 5.97 Å². The average Bonchev–Trinajstić information content (AvgIpc) is 3.16. The molecule has 0 radical (unpaired) electrons. The average molecular weight is 349 g/mol. The molecule has 26 heavy (non-hydrogen) atoms. The number of anilines is 1. The van der Waals surface area contributed by atoms with Crippen molar-refractivity contribution in [1.29, 1.82) is 0 Å². The van der Waals surface area contributed by atoms with E-state index in [1.165, 1.54) is 0 Å². The van der Waals surface area contributed by atoms with E-state index >= 15 is 0 Å². The highest BCUT2D eigenvalue weighted by atomic mass is 16.5. The Labute approximate surface area is 151 Å². The van der Waals surface area contributed by atoms with Crippen LogP contribution in [-0.2, 0) is 16.0 Å². The van der Waals surface area contributed by atoms with E-state index in [1.54, 1.807) is 11.0 Å². The van der Waals surface area contributed by atoms with E-state index < -0.39 is 5.97 Å². The number of carbonyl (C=O) groups is 2. The second-order valence-electron chi connectivity index (χ2n) is 6.49. The molecule has 3 aromatic rings. The van der Waals surface area contributed by atoms with Gasteiger partial charge in [0.15, 0.2) is 12.3 Å². The van der Waals surface area contributed by atoms with Gasteiger partial charge in [-0.1, -0.05) is 24.3 Å². The number of aryl methyl sites for hydroxylation is 1. The van der Waals surface area contributed by atoms with Gasteiger partial charge in [0.25, 0.3) is 5.91 Å². The number of ether oxygens (including phenoxy) is 1. The topological polar surface area (TPSA) is 63.9 Å². The van der Waals surface area contributed by atoms with E-state index in [4.69, 9.17) is 4.74 Å². The Morgan fingerprint density at radius 2 is 1.96 bits per heavy atom. The molecule has 1 aliphatic rings. The molecule has 2 aromatic heterocycles. The third-order valence-corrected chi connectivity index (χ3v) is 4.72. The van der Waals surface area contributed by atoms with Crippen molar-refractivity contribution in [3.63, 3.8) is 0 Å². The molecule has 1 aromatic carbocycles. The van der Waals surface area contributed by atoms with Crippen LogP contribution in [0.5, 0.6) is 0 Å². The van der Waals surface area contributed by atoms with Crippen molar-refractivity contribution in [2.24, 2.45) is 0 Å². The summed E-state index contributed by atoms with van der Waals surface area (Å²) in [6.07, 6.45) is 2.64. The molecule has 1 aliphatic heterocycles. The summed E-state index contributed by atoms with van der Waals surface area (Å²) in [6, 6.07) is 13.4. The number of para-hydroxylation sites is 1. The maximum Gasteiger partial charge on any atom is 0.359 e. The number of imidazole rings is 1. The number of rotatable bonds is 3. The van der Waals surface area contributed by atoms with Gasteiger partial charge in [0, 0.05) is 17.9 Å². The Hall–Kier alpha value is -3.15. The molecular formula is C20H19N3O3. The summed E-state index contributed by atoms with van der Waals surface area (Å²) in [5.74, 6) is -0.118. The van der Waals surface area contributed by atoms with E-state index in [-0.39, 0.29) is 24.2 Å². The van der Waals surface area contributed by atoms with Crippen LogP contribution in [-0.4, -0.2) is 33.9 Å². The van der Waals surface area contributed by atoms with Crippen molar-refractivity contribution >= 4 is 23.1 Å². The summed E-state index contributed by atoms with van der Waals surface area (Å²) in [6.45, 7) is 3.51. The van der Waals surface area contributed by atoms with Crippen molar-refractivity contribution < 1.29 is 14.3 Å². The zero-order valence-corrected chi connectivity index (χ0v) is 14.7. The maximum atomic E-state index is 12.6. The predicted molar refractivity (Wildman–Crippen MR) is 97.3 cm³/mol. The van der Waals surface area contributed by atoms with Crippen LogP contribution in [0, 0.1) is 6.92 Å². The maximum absolute atomic E-state index is 12.6. The number of fused-ring (bicyclic) bond motifs is 2. The van der Waals surface area contributed by atoms with Gasteiger partial charge in [-0.25, -0.2) is 9.78 Å². The van der Waals surface area contributed by atoms with Crippen LogP contribution in [0.1, 0.15) is 28.8 Å². The van der Waals surface area contributed by atoms with Crippen LogP contribution >= 0.6 is 0 Å². The minimum absolute atomic E-state index is 0.0503. The lowest BCUT2D eigenvalue weighted by molar-refractivity contribution is -0.122. The number of carbonyl (C=O) groups excluding carboxylic acids is 2. The lowest BCUT2D eigenvalue weighted by Gasteiger charge is -2.22. The highest BCUT2D eigenvalue weighted by molar-refractivity contribution is 6.00.